The zero-order valence-corrected chi connectivity index (χ0v) is 11.8. The number of halogens is 3. The van der Waals surface area contributed by atoms with Crippen LogP contribution in [-0.4, -0.2) is 11.1 Å². The molecule has 0 atom stereocenters. The standard InChI is InChI=1S/C18H11F3O2/c19-18(20,21)14-7-3-6-13(8-14)15-9-11-4-1-2-5-12(11)10-16(15)17(22)23/h1-10H,(H,22,23). The molecule has 3 aromatic rings. The molecule has 0 spiro atoms. The van der Waals surface area contributed by atoms with Gasteiger partial charge in [0.15, 0.2) is 0 Å². The van der Waals surface area contributed by atoms with E-state index in [1.54, 1.807) is 30.3 Å². The van der Waals surface area contributed by atoms with Crippen LogP contribution < -0.4 is 0 Å². The number of aromatic carboxylic acids is 1. The highest BCUT2D eigenvalue weighted by molar-refractivity contribution is 6.02. The highest BCUT2D eigenvalue weighted by atomic mass is 19.4. The second kappa shape index (κ2) is 5.43. The zero-order valence-electron chi connectivity index (χ0n) is 11.8. The molecule has 5 heteroatoms. The number of carboxylic acid groups (broad SMARTS) is 1. The second-order valence-electron chi connectivity index (χ2n) is 5.13. The molecular weight excluding hydrogens is 305 g/mol. The van der Waals surface area contributed by atoms with Gasteiger partial charge in [0, 0.05) is 0 Å². The first-order valence-electron chi connectivity index (χ1n) is 6.80. The fourth-order valence-corrected chi connectivity index (χ4v) is 2.52. The Kier molecular flexibility index (Phi) is 3.56. The van der Waals surface area contributed by atoms with Crippen LogP contribution in [0.25, 0.3) is 21.9 Å². The second-order valence-corrected chi connectivity index (χ2v) is 5.13. The van der Waals surface area contributed by atoms with Crippen LogP contribution in [0, 0.1) is 0 Å². The molecular formula is C18H11F3O2. The molecule has 3 rings (SSSR count). The van der Waals surface area contributed by atoms with Gasteiger partial charge in [0.05, 0.1) is 11.1 Å². The van der Waals surface area contributed by atoms with Crippen LogP contribution in [0.15, 0.2) is 60.7 Å². The lowest BCUT2D eigenvalue weighted by atomic mass is 9.94. The lowest BCUT2D eigenvalue weighted by Gasteiger charge is -2.12. The fraction of sp³-hybridized carbons (Fsp3) is 0.0556. The van der Waals surface area contributed by atoms with Gasteiger partial charge < -0.3 is 5.11 Å². The number of carboxylic acids is 1. The summed E-state index contributed by atoms with van der Waals surface area (Å²) in [6, 6.07) is 14.9. The molecule has 0 aliphatic carbocycles. The Bertz CT molecular complexity index is 898. The molecule has 0 aliphatic rings. The number of carbonyl (C=O) groups is 1. The van der Waals surface area contributed by atoms with E-state index in [0.29, 0.717) is 0 Å². The van der Waals surface area contributed by atoms with Gasteiger partial charge in [-0.15, -0.1) is 0 Å². The fourth-order valence-electron chi connectivity index (χ4n) is 2.52. The van der Waals surface area contributed by atoms with Crippen molar-refractivity contribution in [3.8, 4) is 11.1 Å². The topological polar surface area (TPSA) is 37.3 Å². The minimum absolute atomic E-state index is 0.0250. The van der Waals surface area contributed by atoms with Gasteiger partial charge in [0.2, 0.25) is 0 Å². The number of rotatable bonds is 2. The Hall–Kier alpha value is -2.82. The summed E-state index contributed by atoms with van der Waals surface area (Å²) >= 11 is 0. The zero-order chi connectivity index (χ0) is 16.6. The van der Waals surface area contributed by atoms with E-state index in [-0.39, 0.29) is 16.7 Å². The smallest absolute Gasteiger partial charge is 0.416 e. The molecule has 0 heterocycles. The van der Waals surface area contributed by atoms with E-state index in [9.17, 15) is 23.1 Å². The van der Waals surface area contributed by atoms with Crippen molar-refractivity contribution >= 4 is 16.7 Å². The predicted octanol–water partition coefficient (Wildman–Crippen LogP) is 5.22. The molecule has 0 unspecified atom stereocenters. The van der Waals surface area contributed by atoms with E-state index < -0.39 is 17.7 Å². The summed E-state index contributed by atoms with van der Waals surface area (Å²) in [6.07, 6.45) is -4.48. The molecule has 0 saturated heterocycles. The van der Waals surface area contributed by atoms with Crippen molar-refractivity contribution in [1.29, 1.82) is 0 Å². The molecule has 2 nitrogen and oxygen atoms in total. The van der Waals surface area contributed by atoms with E-state index in [2.05, 4.69) is 0 Å². The van der Waals surface area contributed by atoms with Crippen molar-refractivity contribution in [2.75, 3.05) is 0 Å². The Balaban J connectivity index is 2.26. The quantitative estimate of drug-likeness (QED) is 0.703. The van der Waals surface area contributed by atoms with Gasteiger partial charge in [0.1, 0.15) is 0 Å². The number of alkyl halides is 3. The predicted molar refractivity (Wildman–Crippen MR) is 81.3 cm³/mol. The molecule has 0 radical (unpaired) electrons. The maximum atomic E-state index is 12.9. The van der Waals surface area contributed by atoms with E-state index >= 15 is 0 Å². The molecule has 0 amide bonds. The highest BCUT2D eigenvalue weighted by Gasteiger charge is 2.30. The SMILES string of the molecule is O=C(O)c1cc2ccccc2cc1-c1cccc(C(F)(F)F)c1. The minimum atomic E-state index is -4.48. The summed E-state index contributed by atoms with van der Waals surface area (Å²) in [4.78, 5) is 11.5. The third-order valence-electron chi connectivity index (χ3n) is 3.62. The molecule has 23 heavy (non-hydrogen) atoms. The average molecular weight is 316 g/mol. The third-order valence-corrected chi connectivity index (χ3v) is 3.62. The molecule has 116 valence electrons. The molecule has 0 saturated carbocycles. The first kappa shape index (κ1) is 15.1. The number of hydrogen-bond donors (Lipinski definition) is 1. The first-order chi connectivity index (χ1) is 10.9. The number of benzene rings is 3. The summed E-state index contributed by atoms with van der Waals surface area (Å²) < 4.78 is 38.6. The monoisotopic (exact) mass is 316 g/mol. The Morgan fingerprint density at radius 1 is 0.870 bits per heavy atom. The van der Waals surface area contributed by atoms with Crippen molar-refractivity contribution in [3.05, 3.63) is 71.8 Å². The van der Waals surface area contributed by atoms with Crippen molar-refractivity contribution < 1.29 is 23.1 Å². The van der Waals surface area contributed by atoms with Crippen LogP contribution in [-0.2, 0) is 6.18 Å². The van der Waals surface area contributed by atoms with E-state index in [4.69, 9.17) is 0 Å². The highest BCUT2D eigenvalue weighted by Crippen LogP contribution is 2.34. The van der Waals surface area contributed by atoms with Crippen LogP contribution in [0.1, 0.15) is 15.9 Å². The van der Waals surface area contributed by atoms with E-state index in [1.807, 2.05) is 0 Å². The van der Waals surface area contributed by atoms with Gasteiger partial charge in [0.25, 0.3) is 0 Å². The Morgan fingerprint density at radius 3 is 2.13 bits per heavy atom. The Labute approximate surface area is 129 Å². The van der Waals surface area contributed by atoms with Gasteiger partial charge in [-0.1, -0.05) is 36.4 Å². The number of fused-ring (bicyclic) bond motifs is 1. The Morgan fingerprint density at radius 2 is 1.52 bits per heavy atom. The summed E-state index contributed by atoms with van der Waals surface area (Å²) in [7, 11) is 0. The largest absolute Gasteiger partial charge is 0.478 e. The van der Waals surface area contributed by atoms with Crippen LogP contribution in [0.5, 0.6) is 0 Å². The van der Waals surface area contributed by atoms with Crippen LogP contribution in [0.2, 0.25) is 0 Å². The van der Waals surface area contributed by atoms with E-state index in [0.717, 1.165) is 22.9 Å². The molecule has 0 bridgehead atoms. The summed E-state index contributed by atoms with van der Waals surface area (Å²) in [6.45, 7) is 0. The van der Waals surface area contributed by atoms with Gasteiger partial charge in [-0.05, 0) is 46.2 Å². The van der Waals surface area contributed by atoms with Crippen LogP contribution >= 0.6 is 0 Å². The minimum Gasteiger partial charge on any atom is -0.478 e. The van der Waals surface area contributed by atoms with Gasteiger partial charge in [-0.25, -0.2) is 4.79 Å². The van der Waals surface area contributed by atoms with Crippen molar-refractivity contribution in [1.82, 2.24) is 0 Å². The molecule has 0 aromatic heterocycles. The van der Waals surface area contributed by atoms with Gasteiger partial charge in [-0.2, -0.15) is 13.2 Å². The van der Waals surface area contributed by atoms with Crippen molar-refractivity contribution in [2.24, 2.45) is 0 Å². The molecule has 0 fully saturated rings. The van der Waals surface area contributed by atoms with Crippen LogP contribution in [0.3, 0.4) is 0 Å². The molecule has 0 aliphatic heterocycles. The maximum absolute atomic E-state index is 12.9. The molecule has 1 N–H and O–H groups in total. The summed E-state index contributed by atoms with van der Waals surface area (Å²) in [5.41, 5.74) is -0.340. The lowest BCUT2D eigenvalue weighted by molar-refractivity contribution is -0.137. The lowest BCUT2D eigenvalue weighted by Crippen LogP contribution is -2.05. The van der Waals surface area contributed by atoms with Crippen molar-refractivity contribution in [2.45, 2.75) is 6.18 Å². The van der Waals surface area contributed by atoms with Crippen molar-refractivity contribution in [3.63, 3.8) is 0 Å². The van der Waals surface area contributed by atoms with Gasteiger partial charge in [-0.3, -0.25) is 0 Å². The number of hydrogen-bond acceptors (Lipinski definition) is 1. The third kappa shape index (κ3) is 2.90. The summed E-state index contributed by atoms with van der Waals surface area (Å²) in [5.74, 6) is -1.18. The van der Waals surface area contributed by atoms with Crippen LogP contribution in [0.4, 0.5) is 13.2 Å². The first-order valence-corrected chi connectivity index (χ1v) is 6.80. The maximum Gasteiger partial charge on any atom is 0.416 e. The summed E-state index contributed by atoms with van der Waals surface area (Å²) in [5, 5.41) is 10.9. The normalized spacial score (nSPS) is 11.6. The average Bonchev–Trinajstić information content (AvgIpc) is 2.53. The molecule has 3 aromatic carbocycles. The van der Waals surface area contributed by atoms with Gasteiger partial charge >= 0.3 is 12.1 Å². The van der Waals surface area contributed by atoms with E-state index in [1.165, 1.54) is 18.2 Å².